The van der Waals surface area contributed by atoms with E-state index in [1.54, 1.807) is 0 Å². The van der Waals surface area contributed by atoms with Crippen LogP contribution in [0.15, 0.2) is 72.8 Å². The predicted molar refractivity (Wildman–Crippen MR) is 125 cm³/mol. The SMILES string of the molecule is O=C1[C@@H]2[C@@H](C(=O)N1c1ccc([N+](=O)[O-])cc1)C1(Br)c3ccccc3C2(Br)c2ccccc21. The number of carbonyl (C=O) groups excluding carboxylic acids is 2. The van der Waals surface area contributed by atoms with E-state index in [9.17, 15) is 19.7 Å². The first-order chi connectivity index (χ1) is 15.3. The molecule has 0 N–H and O–H groups in total. The van der Waals surface area contributed by atoms with Crippen molar-refractivity contribution < 1.29 is 14.5 Å². The van der Waals surface area contributed by atoms with Gasteiger partial charge in [-0.15, -0.1) is 0 Å². The van der Waals surface area contributed by atoms with Gasteiger partial charge in [0.2, 0.25) is 11.8 Å². The van der Waals surface area contributed by atoms with E-state index in [1.807, 2.05) is 48.5 Å². The third kappa shape index (κ3) is 2.14. The Labute approximate surface area is 199 Å². The van der Waals surface area contributed by atoms with Crippen LogP contribution in [0.25, 0.3) is 0 Å². The van der Waals surface area contributed by atoms with Gasteiger partial charge in [-0.05, 0) is 34.4 Å². The molecule has 0 saturated carbocycles. The zero-order valence-electron chi connectivity index (χ0n) is 16.4. The van der Waals surface area contributed by atoms with E-state index in [0.717, 1.165) is 22.3 Å². The minimum Gasteiger partial charge on any atom is -0.274 e. The minimum absolute atomic E-state index is 0.0981. The Morgan fingerprint density at radius 1 is 0.719 bits per heavy atom. The molecule has 6 nitrogen and oxygen atoms in total. The highest BCUT2D eigenvalue weighted by molar-refractivity contribution is 9.10. The van der Waals surface area contributed by atoms with Gasteiger partial charge in [0.1, 0.15) is 0 Å². The van der Waals surface area contributed by atoms with Crippen LogP contribution in [-0.2, 0) is 18.2 Å². The maximum absolute atomic E-state index is 13.8. The standard InChI is InChI=1S/C24H14Br2N2O4/c25-23-15-5-1-2-6-16(15)24(26,18-8-4-3-7-17(18)23)20-19(23)21(29)27(22(20)30)13-9-11-14(12-10-13)28(31)32/h1-12,19-20H/t19-,20-,23?,24?/m0/s1. The van der Waals surface area contributed by atoms with Gasteiger partial charge in [-0.1, -0.05) is 80.4 Å². The number of alkyl halides is 2. The summed E-state index contributed by atoms with van der Waals surface area (Å²) in [6.45, 7) is 0. The number of imide groups is 1. The molecule has 1 aliphatic heterocycles. The van der Waals surface area contributed by atoms with Gasteiger partial charge in [-0.3, -0.25) is 19.7 Å². The monoisotopic (exact) mass is 552 g/mol. The Morgan fingerprint density at radius 3 is 1.44 bits per heavy atom. The molecule has 3 aromatic rings. The fourth-order valence-corrected chi connectivity index (χ4v) is 7.95. The molecule has 2 atom stereocenters. The maximum atomic E-state index is 13.8. The van der Waals surface area contributed by atoms with Gasteiger partial charge >= 0.3 is 0 Å². The van der Waals surface area contributed by atoms with Gasteiger partial charge in [-0.25, -0.2) is 4.90 Å². The lowest BCUT2D eigenvalue weighted by molar-refractivity contribution is -0.384. The van der Waals surface area contributed by atoms with Crippen molar-refractivity contribution in [3.8, 4) is 0 Å². The molecule has 0 spiro atoms. The summed E-state index contributed by atoms with van der Waals surface area (Å²) in [6, 6.07) is 21.3. The Balaban J connectivity index is 1.60. The lowest BCUT2D eigenvalue weighted by atomic mass is 9.54. The average Bonchev–Trinajstić information content (AvgIpc) is 3.08. The Hall–Kier alpha value is -2.84. The molecule has 32 heavy (non-hydrogen) atoms. The van der Waals surface area contributed by atoms with Crippen LogP contribution in [0.5, 0.6) is 0 Å². The Bertz CT molecular complexity index is 1230. The number of non-ortho nitro benzene ring substituents is 1. The summed E-state index contributed by atoms with van der Waals surface area (Å²) in [7, 11) is 0. The number of nitrogens with zero attached hydrogens (tertiary/aromatic N) is 2. The van der Waals surface area contributed by atoms with Crippen LogP contribution < -0.4 is 4.90 Å². The van der Waals surface area contributed by atoms with Crippen molar-refractivity contribution in [1.29, 1.82) is 0 Å². The largest absolute Gasteiger partial charge is 0.274 e. The van der Waals surface area contributed by atoms with Gasteiger partial charge in [0, 0.05) is 12.1 Å². The molecule has 4 aliphatic rings. The van der Waals surface area contributed by atoms with Gasteiger partial charge < -0.3 is 0 Å². The average molecular weight is 554 g/mol. The van der Waals surface area contributed by atoms with Crippen LogP contribution in [0, 0.1) is 22.0 Å². The highest BCUT2D eigenvalue weighted by atomic mass is 79.9. The quantitative estimate of drug-likeness (QED) is 0.193. The second kappa shape index (κ2) is 6.36. The van der Waals surface area contributed by atoms with Crippen LogP contribution in [0.3, 0.4) is 0 Å². The topological polar surface area (TPSA) is 80.5 Å². The molecule has 1 heterocycles. The fourth-order valence-electron chi connectivity index (χ4n) is 5.65. The molecule has 3 aromatic carbocycles. The summed E-state index contributed by atoms with van der Waals surface area (Å²) in [4.78, 5) is 39.4. The van der Waals surface area contributed by atoms with E-state index in [0.29, 0.717) is 5.69 Å². The van der Waals surface area contributed by atoms with Crippen molar-refractivity contribution >= 4 is 55.0 Å². The summed E-state index contributed by atoms with van der Waals surface area (Å²) >= 11 is 7.90. The van der Waals surface area contributed by atoms with Crippen molar-refractivity contribution in [2.24, 2.45) is 11.8 Å². The first-order valence-electron chi connectivity index (χ1n) is 10.0. The summed E-state index contributed by atoms with van der Waals surface area (Å²) in [5.74, 6) is -1.99. The normalized spacial score (nSPS) is 29.5. The van der Waals surface area contributed by atoms with E-state index >= 15 is 0 Å². The van der Waals surface area contributed by atoms with Gasteiger partial charge in [0.05, 0.1) is 31.1 Å². The molecular formula is C24H14Br2N2O4. The molecule has 3 aliphatic carbocycles. The van der Waals surface area contributed by atoms with Gasteiger partial charge in [0.25, 0.3) is 5.69 Å². The number of amides is 2. The zero-order chi connectivity index (χ0) is 22.4. The Morgan fingerprint density at radius 2 is 1.09 bits per heavy atom. The summed E-state index contributed by atoms with van der Waals surface area (Å²) in [5, 5.41) is 11.0. The van der Waals surface area contributed by atoms with Crippen LogP contribution in [0.2, 0.25) is 0 Å². The molecule has 0 aromatic heterocycles. The number of carbonyl (C=O) groups is 2. The fraction of sp³-hybridized carbons (Fsp3) is 0.167. The third-order valence-electron chi connectivity index (χ3n) is 6.90. The van der Waals surface area contributed by atoms with Crippen molar-refractivity contribution in [3.05, 3.63) is 105 Å². The first-order valence-corrected chi connectivity index (χ1v) is 11.6. The summed E-state index contributed by atoms with van der Waals surface area (Å²) in [5.41, 5.74) is 4.08. The molecular weight excluding hydrogens is 540 g/mol. The number of benzene rings is 3. The van der Waals surface area contributed by atoms with E-state index in [1.165, 1.54) is 29.2 Å². The number of hydrogen-bond donors (Lipinski definition) is 0. The molecule has 7 rings (SSSR count). The second-order valence-corrected chi connectivity index (χ2v) is 10.8. The minimum atomic E-state index is -0.858. The van der Waals surface area contributed by atoms with E-state index in [-0.39, 0.29) is 17.5 Å². The van der Waals surface area contributed by atoms with Crippen LogP contribution in [-0.4, -0.2) is 16.7 Å². The Kier molecular flexibility index (Phi) is 3.94. The van der Waals surface area contributed by atoms with Crippen molar-refractivity contribution in [2.75, 3.05) is 4.90 Å². The number of anilines is 1. The first kappa shape index (κ1) is 19.8. The van der Waals surface area contributed by atoms with Gasteiger partial charge in [0.15, 0.2) is 0 Å². The predicted octanol–water partition coefficient (Wildman–Crippen LogP) is 5.00. The second-order valence-electron chi connectivity index (χ2n) is 8.26. The number of halogens is 2. The number of hydrogen-bond acceptors (Lipinski definition) is 4. The highest BCUT2D eigenvalue weighted by Gasteiger charge is 2.72. The van der Waals surface area contributed by atoms with Crippen LogP contribution >= 0.6 is 31.9 Å². The van der Waals surface area contributed by atoms with Gasteiger partial charge in [-0.2, -0.15) is 0 Å². The maximum Gasteiger partial charge on any atom is 0.269 e. The lowest BCUT2D eigenvalue weighted by Gasteiger charge is -2.55. The number of nitro benzene ring substituents is 1. The smallest absolute Gasteiger partial charge is 0.269 e. The van der Waals surface area contributed by atoms with E-state index in [2.05, 4.69) is 31.9 Å². The van der Waals surface area contributed by atoms with Crippen LogP contribution in [0.4, 0.5) is 11.4 Å². The molecule has 1 fully saturated rings. The van der Waals surface area contributed by atoms with Crippen molar-refractivity contribution in [1.82, 2.24) is 0 Å². The molecule has 0 unspecified atom stereocenters. The third-order valence-corrected chi connectivity index (χ3v) is 9.60. The van der Waals surface area contributed by atoms with E-state index in [4.69, 9.17) is 0 Å². The zero-order valence-corrected chi connectivity index (χ0v) is 19.5. The molecule has 158 valence electrons. The molecule has 2 bridgehead atoms. The number of nitro groups is 1. The van der Waals surface area contributed by atoms with Crippen LogP contribution in [0.1, 0.15) is 22.3 Å². The van der Waals surface area contributed by atoms with Crippen molar-refractivity contribution in [3.63, 3.8) is 0 Å². The lowest BCUT2D eigenvalue weighted by Crippen LogP contribution is -2.56. The summed E-state index contributed by atoms with van der Waals surface area (Å²) < 4.78 is -1.72. The van der Waals surface area contributed by atoms with E-state index < -0.39 is 25.4 Å². The number of rotatable bonds is 2. The van der Waals surface area contributed by atoms with Crippen molar-refractivity contribution in [2.45, 2.75) is 8.65 Å². The molecule has 1 saturated heterocycles. The molecule has 0 radical (unpaired) electrons. The highest BCUT2D eigenvalue weighted by Crippen LogP contribution is 2.70. The molecule has 8 heteroatoms. The molecule has 2 amide bonds. The summed E-state index contributed by atoms with van der Waals surface area (Å²) in [6.07, 6.45) is 0.